The molecule has 3 aromatic carbocycles. The number of rotatable bonds is 8. The largest absolute Gasteiger partial charge is 0.573 e. The van der Waals surface area contributed by atoms with Crippen LogP contribution in [0, 0.1) is 0 Å². The van der Waals surface area contributed by atoms with Crippen LogP contribution in [0.3, 0.4) is 0 Å². The SMILES string of the molecule is Nc1cc(N)cc(CC/C(=C\c2ccc(OC(=O)c3ccc(OC(F)(F)F)cc3)cc2)C(=O)O)c1. The number of carbonyl (C=O) groups is 2. The van der Waals surface area contributed by atoms with E-state index in [1.54, 1.807) is 30.3 Å². The number of hydrogen-bond donors (Lipinski definition) is 3. The van der Waals surface area contributed by atoms with E-state index < -0.39 is 24.1 Å². The van der Waals surface area contributed by atoms with Crippen molar-refractivity contribution >= 4 is 29.4 Å². The van der Waals surface area contributed by atoms with Crippen LogP contribution in [-0.4, -0.2) is 23.4 Å². The molecule has 0 spiro atoms. The average Bonchev–Trinajstić information content (AvgIpc) is 2.76. The molecular formula is C25H21F3N2O5. The van der Waals surface area contributed by atoms with Crippen molar-refractivity contribution in [1.29, 1.82) is 0 Å². The fourth-order valence-corrected chi connectivity index (χ4v) is 3.20. The highest BCUT2D eigenvalue weighted by Gasteiger charge is 2.31. The first kappa shape index (κ1) is 25.2. The molecule has 35 heavy (non-hydrogen) atoms. The van der Waals surface area contributed by atoms with Crippen molar-refractivity contribution in [3.8, 4) is 11.5 Å². The third-order valence-electron chi connectivity index (χ3n) is 4.75. The Kier molecular flexibility index (Phi) is 7.65. The number of nitrogen functional groups attached to an aromatic ring is 2. The predicted molar refractivity (Wildman–Crippen MR) is 124 cm³/mol. The van der Waals surface area contributed by atoms with Crippen molar-refractivity contribution in [3.63, 3.8) is 0 Å². The molecule has 0 aromatic heterocycles. The number of anilines is 2. The van der Waals surface area contributed by atoms with Gasteiger partial charge in [0.25, 0.3) is 0 Å². The number of esters is 1. The molecule has 0 fully saturated rings. The maximum absolute atomic E-state index is 12.2. The Hall–Kier alpha value is -4.47. The summed E-state index contributed by atoms with van der Waals surface area (Å²) in [6.45, 7) is 0. The molecule has 0 unspecified atom stereocenters. The second-order valence-electron chi connectivity index (χ2n) is 7.51. The maximum Gasteiger partial charge on any atom is 0.573 e. The zero-order valence-corrected chi connectivity index (χ0v) is 18.2. The van der Waals surface area contributed by atoms with E-state index >= 15 is 0 Å². The third-order valence-corrected chi connectivity index (χ3v) is 4.75. The average molecular weight is 486 g/mol. The van der Waals surface area contributed by atoms with Gasteiger partial charge in [0, 0.05) is 16.9 Å². The molecule has 0 atom stereocenters. The molecule has 0 amide bonds. The van der Waals surface area contributed by atoms with Crippen LogP contribution in [0.4, 0.5) is 24.5 Å². The van der Waals surface area contributed by atoms with Crippen molar-refractivity contribution < 1.29 is 37.3 Å². The number of carboxylic acid groups (broad SMARTS) is 1. The summed E-state index contributed by atoms with van der Waals surface area (Å²) in [5.41, 5.74) is 14.1. The third kappa shape index (κ3) is 7.81. The molecular weight excluding hydrogens is 465 g/mol. The quantitative estimate of drug-likeness (QED) is 0.176. The van der Waals surface area contributed by atoms with Crippen LogP contribution in [-0.2, 0) is 11.2 Å². The Morgan fingerprint density at radius 1 is 0.886 bits per heavy atom. The molecule has 0 aliphatic rings. The molecule has 7 nitrogen and oxygen atoms in total. The van der Waals surface area contributed by atoms with Crippen molar-refractivity contribution in [2.45, 2.75) is 19.2 Å². The Labute approximate surface area is 198 Å². The summed E-state index contributed by atoms with van der Waals surface area (Å²) in [6.07, 6.45) is -2.66. The second-order valence-corrected chi connectivity index (χ2v) is 7.51. The molecule has 0 aliphatic carbocycles. The summed E-state index contributed by atoms with van der Waals surface area (Å²) in [5, 5.41) is 9.54. The summed E-state index contributed by atoms with van der Waals surface area (Å²) in [5.74, 6) is -2.14. The number of alkyl halides is 3. The molecule has 0 heterocycles. The van der Waals surface area contributed by atoms with E-state index in [2.05, 4.69) is 4.74 Å². The van der Waals surface area contributed by atoms with Gasteiger partial charge in [-0.3, -0.25) is 0 Å². The molecule has 0 aliphatic heterocycles. The van der Waals surface area contributed by atoms with Gasteiger partial charge in [0.2, 0.25) is 0 Å². The molecule has 182 valence electrons. The lowest BCUT2D eigenvalue weighted by atomic mass is 10.0. The number of nitrogens with two attached hydrogens (primary N) is 2. The highest BCUT2D eigenvalue weighted by molar-refractivity contribution is 5.92. The molecule has 0 radical (unpaired) electrons. The number of halogens is 3. The van der Waals surface area contributed by atoms with Gasteiger partial charge in [-0.25, -0.2) is 9.59 Å². The van der Waals surface area contributed by atoms with Gasteiger partial charge in [-0.15, -0.1) is 13.2 Å². The number of benzene rings is 3. The van der Waals surface area contributed by atoms with Crippen LogP contribution in [0.2, 0.25) is 0 Å². The monoisotopic (exact) mass is 486 g/mol. The first-order valence-electron chi connectivity index (χ1n) is 10.3. The van der Waals surface area contributed by atoms with E-state index in [0.29, 0.717) is 23.4 Å². The maximum atomic E-state index is 12.2. The molecule has 0 saturated carbocycles. The van der Waals surface area contributed by atoms with Crippen LogP contribution in [0.1, 0.15) is 27.9 Å². The van der Waals surface area contributed by atoms with Gasteiger partial charge in [-0.1, -0.05) is 12.1 Å². The van der Waals surface area contributed by atoms with Gasteiger partial charge in [0.05, 0.1) is 5.56 Å². The van der Waals surface area contributed by atoms with Crippen molar-refractivity contribution in [3.05, 3.63) is 89.0 Å². The minimum absolute atomic E-state index is 0.0267. The van der Waals surface area contributed by atoms with Crippen LogP contribution in [0.25, 0.3) is 6.08 Å². The number of hydrogen-bond acceptors (Lipinski definition) is 6. The predicted octanol–water partition coefficient (Wildman–Crippen LogP) is 5.07. The number of ether oxygens (including phenoxy) is 2. The fraction of sp³-hybridized carbons (Fsp3) is 0.120. The molecule has 0 bridgehead atoms. The highest BCUT2D eigenvalue weighted by Crippen LogP contribution is 2.24. The minimum Gasteiger partial charge on any atom is -0.478 e. The Bertz CT molecular complexity index is 1220. The van der Waals surface area contributed by atoms with E-state index in [4.69, 9.17) is 16.2 Å². The van der Waals surface area contributed by atoms with Crippen LogP contribution in [0.15, 0.2) is 72.3 Å². The summed E-state index contributed by atoms with van der Waals surface area (Å²) in [4.78, 5) is 23.9. The number of aryl methyl sites for hydroxylation is 1. The first-order valence-corrected chi connectivity index (χ1v) is 10.3. The standard InChI is InChI=1S/C25H21F3N2O5/c26-25(27,28)35-22-9-5-17(6-10-22)24(33)34-21-7-2-15(3-8-21)11-18(23(31)32)4-1-16-12-19(29)14-20(30)13-16/h2-3,5-14H,1,4,29-30H2,(H,31,32)/b18-11+. The molecule has 10 heteroatoms. The van der Waals surface area contributed by atoms with Crippen LogP contribution >= 0.6 is 0 Å². The van der Waals surface area contributed by atoms with Crippen molar-refractivity contribution in [2.24, 2.45) is 0 Å². The van der Waals surface area contributed by atoms with E-state index in [1.165, 1.54) is 18.2 Å². The Balaban J connectivity index is 1.64. The Morgan fingerprint density at radius 2 is 1.46 bits per heavy atom. The summed E-state index contributed by atoms with van der Waals surface area (Å²) in [7, 11) is 0. The van der Waals surface area contributed by atoms with Crippen LogP contribution < -0.4 is 20.9 Å². The van der Waals surface area contributed by atoms with Crippen molar-refractivity contribution in [1.82, 2.24) is 0 Å². The topological polar surface area (TPSA) is 125 Å². The lowest BCUT2D eigenvalue weighted by Crippen LogP contribution is -2.17. The van der Waals surface area contributed by atoms with Crippen LogP contribution in [0.5, 0.6) is 11.5 Å². The zero-order valence-electron chi connectivity index (χ0n) is 18.2. The van der Waals surface area contributed by atoms with Gasteiger partial charge in [0.15, 0.2) is 0 Å². The Morgan fingerprint density at radius 3 is 2.00 bits per heavy atom. The molecule has 0 saturated heterocycles. The minimum atomic E-state index is -4.83. The van der Waals surface area contributed by atoms with E-state index in [-0.39, 0.29) is 23.3 Å². The van der Waals surface area contributed by atoms with Gasteiger partial charge in [-0.2, -0.15) is 0 Å². The van der Waals surface area contributed by atoms with E-state index in [0.717, 1.165) is 29.8 Å². The molecule has 3 rings (SSSR count). The summed E-state index contributed by atoms with van der Waals surface area (Å²) < 4.78 is 45.7. The van der Waals surface area contributed by atoms with E-state index in [1.807, 2.05) is 0 Å². The number of aliphatic carboxylic acids is 1. The van der Waals surface area contributed by atoms with Gasteiger partial charge in [-0.05, 0) is 84.6 Å². The first-order chi connectivity index (χ1) is 16.5. The normalized spacial score (nSPS) is 11.7. The summed E-state index contributed by atoms with van der Waals surface area (Å²) >= 11 is 0. The number of carbonyl (C=O) groups excluding carboxylic acids is 1. The second kappa shape index (κ2) is 10.6. The van der Waals surface area contributed by atoms with Gasteiger partial charge >= 0.3 is 18.3 Å². The number of carboxylic acids is 1. The highest BCUT2D eigenvalue weighted by atomic mass is 19.4. The van der Waals surface area contributed by atoms with Gasteiger partial charge in [0.1, 0.15) is 11.5 Å². The lowest BCUT2D eigenvalue weighted by molar-refractivity contribution is -0.274. The summed E-state index contributed by atoms with van der Waals surface area (Å²) in [6, 6.07) is 15.5. The zero-order chi connectivity index (χ0) is 25.6. The van der Waals surface area contributed by atoms with Gasteiger partial charge < -0.3 is 26.0 Å². The van der Waals surface area contributed by atoms with E-state index in [9.17, 15) is 27.9 Å². The smallest absolute Gasteiger partial charge is 0.478 e. The molecule has 5 N–H and O–H groups in total. The van der Waals surface area contributed by atoms with Crippen molar-refractivity contribution in [2.75, 3.05) is 11.5 Å². The lowest BCUT2D eigenvalue weighted by Gasteiger charge is -2.09. The fourth-order valence-electron chi connectivity index (χ4n) is 3.20. The molecule has 3 aromatic rings.